The summed E-state index contributed by atoms with van der Waals surface area (Å²) in [5, 5.41) is 6.27. The number of anilines is 1. The number of halogens is 2. The number of nitrogens with zero attached hydrogens (tertiary/aromatic N) is 1. The van der Waals surface area contributed by atoms with Crippen molar-refractivity contribution < 1.29 is 4.79 Å². The minimum atomic E-state index is -0.101. The maximum absolute atomic E-state index is 12.2. The lowest BCUT2D eigenvalue weighted by molar-refractivity contribution is -0.115. The molecule has 1 amide bonds. The molecule has 3 rings (SSSR count). The number of benzene rings is 2. The van der Waals surface area contributed by atoms with Gasteiger partial charge in [-0.15, -0.1) is 11.3 Å². The fourth-order valence-electron chi connectivity index (χ4n) is 2.23. The van der Waals surface area contributed by atoms with Gasteiger partial charge < -0.3 is 5.32 Å². The molecule has 1 N–H and O–H groups in total. The summed E-state index contributed by atoms with van der Waals surface area (Å²) in [6.07, 6.45) is 0.223. The second-order valence-electron chi connectivity index (χ2n) is 5.33. The average Bonchev–Trinajstić information content (AvgIpc) is 2.99. The van der Waals surface area contributed by atoms with Gasteiger partial charge in [0.05, 0.1) is 22.8 Å². The Labute approximate surface area is 157 Å². The Morgan fingerprint density at radius 2 is 2.08 bits per heavy atom. The number of aryl methyl sites for hydroxylation is 1. The molecule has 0 unspecified atom stereocenters. The number of amides is 1. The highest BCUT2D eigenvalue weighted by Crippen LogP contribution is 2.30. The van der Waals surface area contributed by atoms with Gasteiger partial charge in [-0.25, -0.2) is 4.98 Å². The fraction of sp³-hybridized carbons (Fsp3) is 0.111. The van der Waals surface area contributed by atoms with E-state index in [2.05, 4.69) is 26.2 Å². The van der Waals surface area contributed by atoms with Crippen LogP contribution in [0.15, 0.2) is 52.3 Å². The van der Waals surface area contributed by atoms with Crippen molar-refractivity contribution >= 4 is 50.5 Å². The van der Waals surface area contributed by atoms with E-state index in [-0.39, 0.29) is 12.3 Å². The largest absolute Gasteiger partial charge is 0.325 e. The van der Waals surface area contributed by atoms with Crippen LogP contribution in [-0.2, 0) is 11.2 Å². The molecular weight excluding hydrogens is 408 g/mol. The first-order valence-corrected chi connectivity index (χ1v) is 9.33. The molecule has 0 atom stereocenters. The monoisotopic (exact) mass is 420 g/mol. The smallest absolute Gasteiger partial charge is 0.230 e. The highest BCUT2D eigenvalue weighted by Gasteiger charge is 2.12. The van der Waals surface area contributed by atoms with Gasteiger partial charge in [0.25, 0.3) is 0 Å². The van der Waals surface area contributed by atoms with E-state index in [0.717, 1.165) is 32.0 Å². The summed E-state index contributed by atoms with van der Waals surface area (Å²) in [5.41, 5.74) is 3.50. The maximum Gasteiger partial charge on any atom is 0.230 e. The molecule has 2 aromatic carbocycles. The number of thiazole rings is 1. The van der Waals surface area contributed by atoms with E-state index in [1.807, 2.05) is 54.8 Å². The molecule has 24 heavy (non-hydrogen) atoms. The molecule has 0 bridgehead atoms. The molecule has 0 radical (unpaired) electrons. The van der Waals surface area contributed by atoms with Crippen LogP contribution in [0.5, 0.6) is 0 Å². The van der Waals surface area contributed by atoms with Crippen molar-refractivity contribution in [2.45, 2.75) is 13.3 Å². The molecule has 122 valence electrons. The average molecular weight is 422 g/mol. The fourth-order valence-corrected chi connectivity index (χ4v) is 3.96. The van der Waals surface area contributed by atoms with Crippen molar-refractivity contribution in [2.24, 2.45) is 0 Å². The Balaban J connectivity index is 1.70. The Morgan fingerprint density at radius 3 is 2.83 bits per heavy atom. The number of rotatable bonds is 4. The highest BCUT2D eigenvalue weighted by molar-refractivity contribution is 9.10. The van der Waals surface area contributed by atoms with Crippen LogP contribution in [0.25, 0.3) is 10.6 Å². The van der Waals surface area contributed by atoms with Gasteiger partial charge in [0.2, 0.25) is 5.91 Å². The van der Waals surface area contributed by atoms with Gasteiger partial charge in [-0.3, -0.25) is 4.79 Å². The third-order valence-electron chi connectivity index (χ3n) is 3.40. The van der Waals surface area contributed by atoms with Gasteiger partial charge in [-0.2, -0.15) is 0 Å². The number of carbonyl (C=O) groups excluding carboxylic acids is 1. The van der Waals surface area contributed by atoms with Crippen molar-refractivity contribution in [1.82, 2.24) is 4.98 Å². The van der Waals surface area contributed by atoms with E-state index in [9.17, 15) is 4.79 Å². The number of aromatic nitrogens is 1. The number of hydrogen-bond acceptors (Lipinski definition) is 3. The number of hydrogen-bond donors (Lipinski definition) is 1. The third-order valence-corrected chi connectivity index (χ3v) is 5.31. The molecule has 3 aromatic rings. The first kappa shape index (κ1) is 17.1. The van der Waals surface area contributed by atoms with Crippen molar-refractivity contribution in [2.75, 3.05) is 5.32 Å². The molecule has 0 aliphatic rings. The number of nitrogens with one attached hydrogen (secondary N) is 1. The zero-order valence-corrected chi connectivity index (χ0v) is 16.0. The predicted octanol–water partition coefficient (Wildman–Crippen LogP) is 5.72. The normalized spacial score (nSPS) is 10.6. The molecule has 1 heterocycles. The molecular formula is C18H14BrClN2OS. The summed E-state index contributed by atoms with van der Waals surface area (Å²) >= 11 is 11.1. The first-order valence-electron chi connectivity index (χ1n) is 7.28. The van der Waals surface area contributed by atoms with E-state index in [4.69, 9.17) is 11.6 Å². The van der Waals surface area contributed by atoms with E-state index in [0.29, 0.717) is 5.02 Å². The minimum absolute atomic E-state index is 0.101. The zero-order chi connectivity index (χ0) is 17.1. The molecule has 0 aliphatic carbocycles. The van der Waals surface area contributed by atoms with Crippen molar-refractivity contribution in [3.63, 3.8) is 0 Å². The first-order chi connectivity index (χ1) is 11.5. The summed E-state index contributed by atoms with van der Waals surface area (Å²) in [5.74, 6) is -0.101. The molecule has 1 aromatic heterocycles. The van der Waals surface area contributed by atoms with Crippen LogP contribution in [0.4, 0.5) is 5.69 Å². The molecule has 0 aliphatic heterocycles. The van der Waals surface area contributed by atoms with E-state index >= 15 is 0 Å². The van der Waals surface area contributed by atoms with Crippen LogP contribution in [0.2, 0.25) is 5.02 Å². The van der Waals surface area contributed by atoms with Gasteiger partial charge >= 0.3 is 0 Å². The van der Waals surface area contributed by atoms with Crippen molar-refractivity contribution in [1.29, 1.82) is 0 Å². The Bertz CT molecular complexity index is 894. The summed E-state index contributed by atoms with van der Waals surface area (Å²) < 4.78 is 0.867. The molecule has 0 spiro atoms. The molecule has 0 saturated carbocycles. The molecule has 0 saturated heterocycles. The highest BCUT2D eigenvalue weighted by atomic mass is 79.9. The van der Waals surface area contributed by atoms with Crippen LogP contribution in [0.3, 0.4) is 0 Å². The summed E-state index contributed by atoms with van der Waals surface area (Å²) in [6, 6.07) is 13.4. The van der Waals surface area contributed by atoms with E-state index in [1.165, 1.54) is 11.3 Å². The van der Waals surface area contributed by atoms with Gasteiger partial charge in [0.1, 0.15) is 5.01 Å². The van der Waals surface area contributed by atoms with Crippen LogP contribution in [0, 0.1) is 6.92 Å². The summed E-state index contributed by atoms with van der Waals surface area (Å²) in [7, 11) is 0. The summed E-state index contributed by atoms with van der Waals surface area (Å²) in [4.78, 5) is 16.8. The predicted molar refractivity (Wildman–Crippen MR) is 104 cm³/mol. The van der Waals surface area contributed by atoms with Crippen LogP contribution in [-0.4, -0.2) is 10.9 Å². The second kappa shape index (κ2) is 7.47. The Hall–Kier alpha value is -1.69. The van der Waals surface area contributed by atoms with Gasteiger partial charge in [0.15, 0.2) is 0 Å². The maximum atomic E-state index is 12.2. The van der Waals surface area contributed by atoms with Crippen LogP contribution < -0.4 is 5.32 Å². The number of carbonyl (C=O) groups is 1. The minimum Gasteiger partial charge on any atom is -0.325 e. The lowest BCUT2D eigenvalue weighted by Crippen LogP contribution is -2.15. The Morgan fingerprint density at radius 1 is 1.29 bits per heavy atom. The van der Waals surface area contributed by atoms with E-state index < -0.39 is 0 Å². The van der Waals surface area contributed by atoms with Gasteiger partial charge in [-0.1, -0.05) is 35.9 Å². The second-order valence-corrected chi connectivity index (χ2v) is 7.45. The molecule has 0 fully saturated rings. The van der Waals surface area contributed by atoms with Gasteiger partial charge in [0, 0.05) is 15.4 Å². The topological polar surface area (TPSA) is 42.0 Å². The summed E-state index contributed by atoms with van der Waals surface area (Å²) in [6.45, 7) is 2.00. The SMILES string of the molecule is Cc1ccc(NC(=O)Cc2csc(-c3ccccc3Cl)n2)c(Br)c1. The van der Waals surface area contributed by atoms with Gasteiger partial charge in [-0.05, 0) is 46.6 Å². The molecule has 6 heteroatoms. The lowest BCUT2D eigenvalue weighted by Gasteiger charge is -2.07. The van der Waals surface area contributed by atoms with Crippen LogP contribution >= 0.6 is 38.9 Å². The van der Waals surface area contributed by atoms with Crippen LogP contribution in [0.1, 0.15) is 11.3 Å². The standard InChI is InChI=1S/C18H14BrClN2OS/c1-11-6-7-16(14(19)8-11)22-17(23)9-12-10-24-18(21-12)13-4-2-3-5-15(13)20/h2-8,10H,9H2,1H3,(H,22,23). The van der Waals surface area contributed by atoms with Crippen molar-refractivity contribution in [3.05, 3.63) is 68.6 Å². The van der Waals surface area contributed by atoms with E-state index in [1.54, 1.807) is 0 Å². The van der Waals surface area contributed by atoms with Crippen molar-refractivity contribution in [3.8, 4) is 10.6 Å². The zero-order valence-electron chi connectivity index (χ0n) is 12.8. The Kier molecular flexibility index (Phi) is 5.33. The third kappa shape index (κ3) is 4.04. The molecule has 3 nitrogen and oxygen atoms in total. The lowest BCUT2D eigenvalue weighted by atomic mass is 10.2. The quantitative estimate of drug-likeness (QED) is 0.586.